The number of nitro benzene ring substituents is 1. The molecule has 0 aliphatic rings. The van der Waals surface area contributed by atoms with Gasteiger partial charge in [-0.05, 0) is 18.2 Å². The van der Waals surface area contributed by atoms with Crippen LogP contribution in [-0.4, -0.2) is 40.6 Å². The van der Waals surface area contributed by atoms with Gasteiger partial charge in [-0.15, -0.1) is 0 Å². The minimum Gasteiger partial charge on any atom is -0.258 e. The zero-order valence-corrected chi connectivity index (χ0v) is 16.1. The number of halogens is 2. The highest BCUT2D eigenvalue weighted by Crippen LogP contribution is 2.24. The van der Waals surface area contributed by atoms with Gasteiger partial charge in [0.15, 0.2) is 0 Å². The Morgan fingerprint density at radius 1 is 1.37 bits per heavy atom. The number of pyridine rings is 1. The molecule has 0 aliphatic heterocycles. The normalized spacial score (nSPS) is 12.0. The van der Waals surface area contributed by atoms with Gasteiger partial charge >= 0.3 is 0 Å². The highest BCUT2D eigenvalue weighted by Gasteiger charge is 2.26. The number of fused-ring (bicyclic) bond motifs is 1. The van der Waals surface area contributed by atoms with E-state index in [9.17, 15) is 22.9 Å². The van der Waals surface area contributed by atoms with Crippen molar-refractivity contribution in [1.82, 2.24) is 14.0 Å². The van der Waals surface area contributed by atoms with Crippen LogP contribution in [0, 0.1) is 15.9 Å². The molecule has 0 bridgehead atoms. The molecule has 3 aromatic rings. The third-order valence-corrected chi connectivity index (χ3v) is 5.78. The highest BCUT2D eigenvalue weighted by atomic mass is 79.9. The first-order valence-corrected chi connectivity index (χ1v) is 9.53. The molecule has 2 aromatic heterocycles. The maximum Gasteiger partial charge on any atom is 0.281 e. The smallest absolute Gasteiger partial charge is 0.258 e. The van der Waals surface area contributed by atoms with Gasteiger partial charge < -0.3 is 0 Å². The van der Waals surface area contributed by atoms with E-state index in [-0.39, 0.29) is 0 Å². The van der Waals surface area contributed by atoms with E-state index in [0.717, 1.165) is 23.7 Å². The maximum absolute atomic E-state index is 14.0. The number of non-ortho nitro benzene ring substituents is 1. The molecule has 0 spiro atoms. The number of hydrogen-bond donors (Lipinski definition) is 0. The van der Waals surface area contributed by atoms with Crippen molar-refractivity contribution in [2.24, 2.45) is 5.10 Å². The van der Waals surface area contributed by atoms with Gasteiger partial charge in [0.1, 0.15) is 10.7 Å². The molecule has 0 N–H and O–H groups in total. The molecule has 0 saturated carbocycles. The lowest BCUT2D eigenvalue weighted by molar-refractivity contribution is -0.385. The number of hydrogen-bond acceptors (Lipinski definition) is 6. The first-order chi connectivity index (χ1) is 12.7. The van der Waals surface area contributed by atoms with Crippen LogP contribution in [0.3, 0.4) is 0 Å². The lowest BCUT2D eigenvalue weighted by Gasteiger charge is -2.13. The van der Waals surface area contributed by atoms with Crippen LogP contribution in [0.2, 0.25) is 0 Å². The molecule has 27 heavy (non-hydrogen) atoms. The molecule has 0 aliphatic carbocycles. The Kier molecular flexibility index (Phi) is 4.93. The summed E-state index contributed by atoms with van der Waals surface area (Å²) in [5, 5.41) is 18.8. The fourth-order valence-corrected chi connectivity index (χ4v) is 3.60. The highest BCUT2D eigenvalue weighted by molar-refractivity contribution is 9.10. The van der Waals surface area contributed by atoms with E-state index in [1.807, 2.05) is 0 Å². The predicted molar refractivity (Wildman–Crippen MR) is 98.5 cm³/mol. The monoisotopic (exact) mass is 455 g/mol. The molecule has 0 amide bonds. The number of sulfonamides is 1. The lowest BCUT2D eigenvalue weighted by Crippen LogP contribution is -2.23. The van der Waals surface area contributed by atoms with Gasteiger partial charge in [0.2, 0.25) is 0 Å². The van der Waals surface area contributed by atoms with Crippen LogP contribution in [0.1, 0.15) is 5.56 Å². The van der Waals surface area contributed by atoms with Gasteiger partial charge in [-0.3, -0.25) is 10.1 Å². The quantitative estimate of drug-likeness (QED) is 0.333. The van der Waals surface area contributed by atoms with Crippen LogP contribution in [0.15, 0.2) is 57.2 Å². The summed E-state index contributed by atoms with van der Waals surface area (Å²) in [6, 6.07) is 5.81. The summed E-state index contributed by atoms with van der Waals surface area (Å²) >= 11 is 3.33. The average molecular weight is 456 g/mol. The summed E-state index contributed by atoms with van der Waals surface area (Å²) in [4.78, 5) is 9.19. The van der Waals surface area contributed by atoms with Crippen molar-refractivity contribution in [2.45, 2.75) is 4.90 Å². The molecular weight excluding hydrogens is 445 g/mol. The zero-order valence-electron chi connectivity index (χ0n) is 13.7. The molecule has 1 aromatic carbocycles. The number of rotatable bonds is 5. The number of aromatic nitrogens is 2. The second-order valence-corrected chi connectivity index (χ2v) is 8.16. The standard InChI is InChI=1S/C15H11BrFN5O4S/c1-20(18-8-10-9-19-21-5-4-11(16)6-14(10)21)27(25,26)15-7-12(22(23)24)2-3-13(15)17/h2-9H,1H3/b18-8-. The predicted octanol–water partition coefficient (Wildman–Crippen LogP) is 2.80. The summed E-state index contributed by atoms with van der Waals surface area (Å²) in [5.41, 5.74) is 0.651. The number of hydrazone groups is 1. The number of nitro groups is 1. The maximum atomic E-state index is 14.0. The van der Waals surface area contributed by atoms with Crippen LogP contribution in [0.5, 0.6) is 0 Å². The van der Waals surface area contributed by atoms with Crippen molar-refractivity contribution in [2.75, 3.05) is 7.05 Å². The van der Waals surface area contributed by atoms with Crippen LogP contribution < -0.4 is 0 Å². The lowest BCUT2D eigenvalue weighted by atomic mass is 10.3. The largest absolute Gasteiger partial charge is 0.281 e. The van der Waals surface area contributed by atoms with Crippen molar-refractivity contribution in [3.8, 4) is 0 Å². The summed E-state index contributed by atoms with van der Waals surface area (Å²) in [7, 11) is -3.32. The second kappa shape index (κ2) is 7.04. The van der Waals surface area contributed by atoms with Crippen LogP contribution in [-0.2, 0) is 10.0 Å². The van der Waals surface area contributed by atoms with Crippen molar-refractivity contribution < 1.29 is 17.7 Å². The minimum absolute atomic E-state index is 0.526. The number of nitrogens with zero attached hydrogens (tertiary/aromatic N) is 5. The van der Waals surface area contributed by atoms with Crippen molar-refractivity contribution in [1.29, 1.82) is 0 Å². The number of benzene rings is 1. The molecule has 9 nitrogen and oxygen atoms in total. The van der Waals surface area contributed by atoms with E-state index in [2.05, 4.69) is 26.1 Å². The van der Waals surface area contributed by atoms with Gasteiger partial charge in [-0.1, -0.05) is 15.9 Å². The summed E-state index contributed by atoms with van der Waals surface area (Å²) in [6.07, 6.45) is 4.44. The van der Waals surface area contributed by atoms with E-state index in [4.69, 9.17) is 0 Å². The first kappa shape index (κ1) is 18.9. The summed E-state index contributed by atoms with van der Waals surface area (Å²) in [6.45, 7) is 0. The molecular formula is C15H11BrFN5O4S. The molecule has 0 atom stereocenters. The summed E-state index contributed by atoms with van der Waals surface area (Å²) in [5.74, 6) is -1.11. The molecule has 0 fully saturated rings. The third kappa shape index (κ3) is 3.66. The van der Waals surface area contributed by atoms with E-state index in [1.165, 1.54) is 12.4 Å². The molecule has 12 heteroatoms. The third-order valence-electron chi connectivity index (χ3n) is 3.62. The molecule has 2 heterocycles. The first-order valence-electron chi connectivity index (χ1n) is 7.30. The van der Waals surface area contributed by atoms with E-state index < -0.39 is 31.3 Å². The molecule has 140 valence electrons. The van der Waals surface area contributed by atoms with Crippen LogP contribution in [0.4, 0.5) is 10.1 Å². The molecule has 3 rings (SSSR count). The van der Waals surface area contributed by atoms with E-state index in [0.29, 0.717) is 21.6 Å². The Morgan fingerprint density at radius 3 is 2.81 bits per heavy atom. The Balaban J connectivity index is 1.96. The molecule has 0 saturated heterocycles. The fraction of sp³-hybridized carbons (Fsp3) is 0.0667. The van der Waals surface area contributed by atoms with Crippen LogP contribution in [0.25, 0.3) is 5.52 Å². The van der Waals surface area contributed by atoms with Gasteiger partial charge in [0.25, 0.3) is 15.7 Å². The van der Waals surface area contributed by atoms with Gasteiger partial charge in [0.05, 0.1) is 22.9 Å². The Hall–Kier alpha value is -2.86. The minimum atomic E-state index is -4.42. The van der Waals surface area contributed by atoms with Crippen molar-refractivity contribution in [3.63, 3.8) is 0 Å². The van der Waals surface area contributed by atoms with Gasteiger partial charge in [-0.25, -0.2) is 8.91 Å². The Bertz CT molecular complexity index is 1180. The van der Waals surface area contributed by atoms with Gasteiger partial charge in [0, 0.05) is 35.4 Å². The van der Waals surface area contributed by atoms with Gasteiger partial charge in [-0.2, -0.15) is 23.0 Å². The topological polar surface area (TPSA) is 110 Å². The Morgan fingerprint density at radius 2 is 2.11 bits per heavy atom. The summed E-state index contributed by atoms with van der Waals surface area (Å²) < 4.78 is 41.9. The van der Waals surface area contributed by atoms with Crippen molar-refractivity contribution >= 4 is 43.4 Å². The van der Waals surface area contributed by atoms with Crippen LogP contribution >= 0.6 is 15.9 Å². The van der Waals surface area contributed by atoms with E-state index in [1.54, 1.807) is 22.8 Å². The van der Waals surface area contributed by atoms with E-state index >= 15 is 0 Å². The Labute approximate surface area is 161 Å². The molecule has 0 unspecified atom stereocenters. The van der Waals surface area contributed by atoms with Crippen molar-refractivity contribution in [3.05, 3.63) is 68.7 Å². The SMILES string of the molecule is CN(/N=C\c1cnn2ccc(Br)cc12)S(=O)(=O)c1cc([N+](=O)[O-])ccc1F. The fourth-order valence-electron chi connectivity index (χ4n) is 2.22. The molecule has 0 radical (unpaired) electrons. The zero-order chi connectivity index (χ0) is 19.8. The average Bonchev–Trinajstić information content (AvgIpc) is 3.01. The second-order valence-electron chi connectivity index (χ2n) is 5.33.